The molecule has 1 saturated heterocycles. The molecule has 4 heterocycles. The summed E-state index contributed by atoms with van der Waals surface area (Å²) < 4.78 is 11.0. The van der Waals surface area contributed by atoms with Crippen molar-refractivity contribution in [3.8, 4) is 11.5 Å². The largest absolute Gasteiger partial charge is 0.497 e. The van der Waals surface area contributed by atoms with E-state index in [0.717, 1.165) is 41.1 Å². The van der Waals surface area contributed by atoms with Gasteiger partial charge in [0.2, 0.25) is 5.91 Å². The van der Waals surface area contributed by atoms with Crippen LogP contribution in [0.3, 0.4) is 0 Å². The van der Waals surface area contributed by atoms with E-state index in [1.165, 1.54) is 0 Å². The molecule has 2 atom stereocenters. The lowest BCUT2D eigenvalue weighted by atomic mass is 10.0. The lowest BCUT2D eigenvalue weighted by Crippen LogP contribution is -2.36. The van der Waals surface area contributed by atoms with Gasteiger partial charge in [-0.3, -0.25) is 14.8 Å². The summed E-state index contributed by atoms with van der Waals surface area (Å²) in [7, 11) is 5.22. The first-order chi connectivity index (χ1) is 16.5. The highest BCUT2D eigenvalue weighted by atomic mass is 16.5. The van der Waals surface area contributed by atoms with Crippen molar-refractivity contribution in [3.63, 3.8) is 0 Å². The summed E-state index contributed by atoms with van der Waals surface area (Å²) in [5.74, 6) is 2.41. The van der Waals surface area contributed by atoms with E-state index >= 15 is 0 Å². The van der Waals surface area contributed by atoms with Crippen LogP contribution in [0.5, 0.6) is 11.5 Å². The summed E-state index contributed by atoms with van der Waals surface area (Å²) in [4.78, 5) is 23.6. The number of likely N-dealkylation sites (N-methyl/N-ethyl adjacent to an activating group) is 1. The van der Waals surface area contributed by atoms with Crippen LogP contribution < -0.4 is 19.7 Å². The number of fused-ring (bicyclic) bond motifs is 1. The van der Waals surface area contributed by atoms with Gasteiger partial charge in [-0.15, -0.1) is 0 Å². The lowest BCUT2D eigenvalue weighted by molar-refractivity contribution is -0.119. The number of nitrogens with one attached hydrogen (secondary N) is 1. The number of hydrogen-bond acceptors (Lipinski definition) is 8. The van der Waals surface area contributed by atoms with Crippen LogP contribution in [0.4, 0.5) is 11.5 Å². The van der Waals surface area contributed by atoms with Gasteiger partial charge >= 0.3 is 0 Å². The summed E-state index contributed by atoms with van der Waals surface area (Å²) in [6.45, 7) is 1.40. The zero-order chi connectivity index (χ0) is 23.7. The lowest BCUT2D eigenvalue weighted by Gasteiger charge is -2.28. The molecule has 2 unspecified atom stereocenters. The predicted molar refractivity (Wildman–Crippen MR) is 131 cm³/mol. The smallest absolute Gasteiger partial charge is 0.220 e. The maximum atomic E-state index is 11.9. The average Bonchev–Trinajstić information content (AvgIpc) is 3.49. The Bertz CT molecular complexity index is 1220. The SMILES string of the molecule is COc1cc(OC)cc(N(CC2CCC(=O)N2)c2ccc3ncc(C4C=NN(C)C4)cc3n2)c1. The third-order valence-electron chi connectivity index (χ3n) is 6.29. The Labute approximate surface area is 198 Å². The van der Waals surface area contributed by atoms with Gasteiger partial charge in [0.15, 0.2) is 0 Å². The van der Waals surface area contributed by atoms with Crippen molar-refractivity contribution in [2.75, 3.05) is 39.3 Å². The van der Waals surface area contributed by atoms with Crippen LogP contribution >= 0.6 is 0 Å². The molecular formula is C25H28N6O3. The van der Waals surface area contributed by atoms with E-state index in [1.807, 2.05) is 54.8 Å². The number of rotatable bonds is 7. The minimum atomic E-state index is 0.0249. The van der Waals surface area contributed by atoms with Crippen molar-refractivity contribution in [2.45, 2.75) is 24.8 Å². The number of carbonyl (C=O) groups is 1. The maximum absolute atomic E-state index is 11.9. The van der Waals surface area contributed by atoms with Crippen LogP contribution in [0.25, 0.3) is 11.0 Å². The van der Waals surface area contributed by atoms with Gasteiger partial charge in [-0.2, -0.15) is 5.10 Å². The Morgan fingerprint density at radius 3 is 2.56 bits per heavy atom. The molecule has 0 aliphatic carbocycles. The Kier molecular flexibility index (Phi) is 5.91. The molecule has 5 rings (SSSR count). The highest BCUT2D eigenvalue weighted by Gasteiger charge is 2.25. The first kappa shape index (κ1) is 21.9. The van der Waals surface area contributed by atoms with Crippen LogP contribution in [-0.2, 0) is 4.79 Å². The molecule has 0 spiro atoms. The predicted octanol–water partition coefficient (Wildman–Crippen LogP) is 3.08. The second-order valence-electron chi connectivity index (χ2n) is 8.67. The molecule has 0 saturated carbocycles. The highest BCUT2D eigenvalue weighted by molar-refractivity contribution is 5.81. The topological polar surface area (TPSA) is 92.2 Å². The van der Waals surface area contributed by atoms with Gasteiger partial charge in [0.25, 0.3) is 0 Å². The molecule has 2 aliphatic heterocycles. The van der Waals surface area contributed by atoms with Gasteiger partial charge in [-0.25, -0.2) is 4.98 Å². The van der Waals surface area contributed by atoms with Gasteiger partial charge in [0, 0.05) is 74.8 Å². The number of aromatic nitrogens is 2. The Balaban J connectivity index is 1.55. The standard InChI is InChI=1S/C25H28N6O3/c1-30-14-17(13-27-30)16-8-23-22(26-12-16)5-6-24(29-23)31(15-18-4-7-25(32)28-18)19-9-20(33-2)11-21(10-19)34-3/h5-6,8-13,17-18H,4,7,14-15H2,1-3H3,(H,28,32). The molecule has 1 fully saturated rings. The van der Waals surface area contributed by atoms with Gasteiger partial charge in [-0.1, -0.05) is 0 Å². The second kappa shape index (κ2) is 9.17. The second-order valence-corrected chi connectivity index (χ2v) is 8.67. The summed E-state index contributed by atoms with van der Waals surface area (Å²) in [5, 5.41) is 9.34. The third-order valence-corrected chi connectivity index (χ3v) is 6.29. The molecule has 2 aromatic heterocycles. The molecular weight excluding hydrogens is 432 g/mol. The number of hydrazone groups is 1. The van der Waals surface area contributed by atoms with E-state index in [2.05, 4.69) is 26.4 Å². The third kappa shape index (κ3) is 4.46. The fourth-order valence-corrected chi connectivity index (χ4v) is 4.44. The summed E-state index contributed by atoms with van der Waals surface area (Å²) >= 11 is 0. The normalized spacial score (nSPS) is 19.5. The zero-order valence-corrected chi connectivity index (χ0v) is 19.6. The number of amides is 1. The van der Waals surface area contributed by atoms with E-state index < -0.39 is 0 Å². The van der Waals surface area contributed by atoms with Gasteiger partial charge in [0.1, 0.15) is 17.3 Å². The molecule has 0 radical (unpaired) electrons. The van der Waals surface area contributed by atoms with Crippen molar-refractivity contribution in [1.29, 1.82) is 0 Å². The van der Waals surface area contributed by atoms with E-state index in [0.29, 0.717) is 24.5 Å². The average molecular weight is 461 g/mol. The Morgan fingerprint density at radius 2 is 1.91 bits per heavy atom. The first-order valence-electron chi connectivity index (χ1n) is 11.3. The molecule has 9 heteroatoms. The number of hydrogen-bond donors (Lipinski definition) is 1. The van der Waals surface area contributed by atoms with Crippen molar-refractivity contribution in [1.82, 2.24) is 20.3 Å². The number of pyridine rings is 2. The number of ether oxygens (including phenoxy) is 2. The van der Waals surface area contributed by atoms with E-state index in [4.69, 9.17) is 14.5 Å². The van der Waals surface area contributed by atoms with Crippen LogP contribution in [0.1, 0.15) is 24.3 Å². The molecule has 0 bridgehead atoms. The summed E-state index contributed by atoms with van der Waals surface area (Å²) in [6.07, 6.45) is 5.17. The van der Waals surface area contributed by atoms with Crippen LogP contribution in [-0.4, -0.2) is 67.5 Å². The van der Waals surface area contributed by atoms with E-state index in [9.17, 15) is 4.79 Å². The van der Waals surface area contributed by atoms with Gasteiger partial charge in [-0.05, 0) is 30.2 Å². The Morgan fingerprint density at radius 1 is 1.12 bits per heavy atom. The fraction of sp³-hybridized carbons (Fsp3) is 0.360. The van der Waals surface area contributed by atoms with Crippen LogP contribution in [0.15, 0.2) is 47.7 Å². The van der Waals surface area contributed by atoms with E-state index in [-0.39, 0.29) is 17.9 Å². The molecule has 1 amide bonds. The summed E-state index contributed by atoms with van der Waals surface area (Å²) in [5.41, 5.74) is 3.60. The molecule has 34 heavy (non-hydrogen) atoms. The number of methoxy groups -OCH3 is 2. The fourth-order valence-electron chi connectivity index (χ4n) is 4.44. The Hall–Kier alpha value is -3.88. The van der Waals surface area contributed by atoms with Crippen molar-refractivity contribution in [2.24, 2.45) is 5.10 Å². The number of nitrogens with zero attached hydrogens (tertiary/aromatic N) is 5. The van der Waals surface area contributed by atoms with Gasteiger partial charge < -0.3 is 19.7 Å². The van der Waals surface area contributed by atoms with E-state index in [1.54, 1.807) is 14.2 Å². The molecule has 1 N–H and O–H groups in total. The molecule has 2 aliphatic rings. The van der Waals surface area contributed by atoms with Crippen molar-refractivity contribution < 1.29 is 14.3 Å². The molecule has 9 nitrogen and oxygen atoms in total. The van der Waals surface area contributed by atoms with Crippen molar-refractivity contribution >= 4 is 34.7 Å². The first-order valence-corrected chi connectivity index (χ1v) is 11.3. The van der Waals surface area contributed by atoms with Gasteiger partial charge in [0.05, 0.1) is 25.3 Å². The van der Waals surface area contributed by atoms with Crippen molar-refractivity contribution in [3.05, 3.63) is 48.2 Å². The number of benzene rings is 1. The quantitative estimate of drug-likeness (QED) is 0.579. The molecule has 176 valence electrons. The minimum absolute atomic E-state index is 0.0249. The molecule has 3 aromatic rings. The highest BCUT2D eigenvalue weighted by Crippen LogP contribution is 2.34. The zero-order valence-electron chi connectivity index (χ0n) is 19.6. The van der Waals surface area contributed by atoms with Crippen LogP contribution in [0.2, 0.25) is 0 Å². The number of anilines is 2. The monoisotopic (exact) mass is 460 g/mol. The maximum Gasteiger partial charge on any atom is 0.220 e. The summed E-state index contributed by atoms with van der Waals surface area (Å²) in [6, 6.07) is 11.8. The number of carbonyl (C=O) groups excluding carboxylic acids is 1. The van der Waals surface area contributed by atoms with Crippen LogP contribution in [0, 0.1) is 0 Å². The minimum Gasteiger partial charge on any atom is -0.497 e. The molecule has 1 aromatic carbocycles.